The molecule has 0 unspecified atom stereocenters. The molecule has 0 aliphatic heterocycles. The van der Waals surface area contributed by atoms with Crippen molar-refractivity contribution in [2.75, 3.05) is 38.0 Å². The Bertz CT molecular complexity index is 996. The van der Waals surface area contributed by atoms with Crippen LogP contribution in [0.2, 0.25) is 0 Å². The van der Waals surface area contributed by atoms with E-state index in [1.54, 1.807) is 31.4 Å². The van der Waals surface area contributed by atoms with Crippen LogP contribution in [0, 0.1) is 0 Å². The number of benzene rings is 2. The Kier molecular flexibility index (Phi) is 6.13. The first-order valence-corrected chi connectivity index (χ1v) is 8.93. The van der Waals surface area contributed by atoms with Crippen LogP contribution in [-0.4, -0.2) is 44.7 Å². The summed E-state index contributed by atoms with van der Waals surface area (Å²) in [5.41, 5.74) is 2.49. The van der Waals surface area contributed by atoms with Gasteiger partial charge in [-0.05, 0) is 36.4 Å². The molecule has 2 aromatic carbocycles. The third kappa shape index (κ3) is 5.13. The van der Waals surface area contributed by atoms with Gasteiger partial charge in [0.1, 0.15) is 5.75 Å². The standard InChI is InChI=1S/C21H22N4O4/c1-25(2)16-9-7-15(8-10-16)23-20(26)13-22-21(27)18-12-19(29-24-18)14-5-4-6-17(11-14)28-3/h4-12H,13H2,1-3H3,(H,22,27)(H,23,26). The molecule has 8 heteroatoms. The summed E-state index contributed by atoms with van der Waals surface area (Å²) in [6, 6.07) is 16.1. The van der Waals surface area contributed by atoms with Crippen molar-refractivity contribution in [3.8, 4) is 17.1 Å². The van der Waals surface area contributed by atoms with Crippen LogP contribution in [0.3, 0.4) is 0 Å². The maximum Gasteiger partial charge on any atom is 0.273 e. The molecule has 150 valence electrons. The molecular weight excluding hydrogens is 372 g/mol. The smallest absolute Gasteiger partial charge is 0.273 e. The highest BCUT2D eigenvalue weighted by Gasteiger charge is 2.15. The first kappa shape index (κ1) is 19.9. The average molecular weight is 394 g/mol. The molecule has 1 aromatic heterocycles. The molecule has 0 saturated carbocycles. The number of hydrogen-bond acceptors (Lipinski definition) is 6. The van der Waals surface area contributed by atoms with E-state index in [1.165, 1.54) is 6.07 Å². The second kappa shape index (κ2) is 8.92. The number of methoxy groups -OCH3 is 1. The Morgan fingerprint density at radius 2 is 1.86 bits per heavy atom. The number of anilines is 2. The van der Waals surface area contributed by atoms with Crippen LogP contribution in [0.4, 0.5) is 11.4 Å². The number of carbonyl (C=O) groups excluding carboxylic acids is 2. The fourth-order valence-corrected chi connectivity index (χ4v) is 2.59. The van der Waals surface area contributed by atoms with Gasteiger partial charge in [0.25, 0.3) is 5.91 Å². The van der Waals surface area contributed by atoms with E-state index in [4.69, 9.17) is 9.26 Å². The predicted octanol–water partition coefficient (Wildman–Crippen LogP) is 2.78. The molecule has 2 N–H and O–H groups in total. The summed E-state index contributed by atoms with van der Waals surface area (Å²) in [5.74, 6) is 0.258. The quantitative estimate of drug-likeness (QED) is 0.640. The lowest BCUT2D eigenvalue weighted by molar-refractivity contribution is -0.115. The number of nitrogens with zero attached hydrogens (tertiary/aromatic N) is 2. The zero-order chi connectivity index (χ0) is 20.8. The minimum Gasteiger partial charge on any atom is -0.497 e. The van der Waals surface area contributed by atoms with Gasteiger partial charge in [0.15, 0.2) is 11.5 Å². The molecule has 0 fully saturated rings. The lowest BCUT2D eigenvalue weighted by Gasteiger charge is -2.13. The van der Waals surface area contributed by atoms with E-state index in [2.05, 4.69) is 15.8 Å². The third-order valence-corrected chi connectivity index (χ3v) is 4.17. The zero-order valence-electron chi connectivity index (χ0n) is 16.4. The fourth-order valence-electron chi connectivity index (χ4n) is 2.59. The van der Waals surface area contributed by atoms with E-state index in [0.717, 1.165) is 11.3 Å². The molecule has 3 rings (SSSR count). The fraction of sp³-hybridized carbons (Fsp3) is 0.190. The summed E-state index contributed by atoms with van der Waals surface area (Å²) in [6.07, 6.45) is 0. The van der Waals surface area contributed by atoms with Crippen LogP contribution in [0.25, 0.3) is 11.3 Å². The molecule has 0 spiro atoms. The minimum atomic E-state index is -0.499. The third-order valence-electron chi connectivity index (χ3n) is 4.17. The van der Waals surface area contributed by atoms with E-state index < -0.39 is 5.91 Å². The summed E-state index contributed by atoms with van der Waals surface area (Å²) in [5, 5.41) is 9.03. The Labute approximate surface area is 168 Å². The lowest BCUT2D eigenvalue weighted by Crippen LogP contribution is -2.33. The van der Waals surface area contributed by atoms with E-state index in [-0.39, 0.29) is 18.1 Å². The molecule has 2 amide bonds. The zero-order valence-corrected chi connectivity index (χ0v) is 16.4. The molecule has 0 aliphatic rings. The Balaban J connectivity index is 1.55. The van der Waals surface area contributed by atoms with Gasteiger partial charge in [-0.3, -0.25) is 9.59 Å². The summed E-state index contributed by atoms with van der Waals surface area (Å²) < 4.78 is 10.4. The van der Waals surface area contributed by atoms with E-state index >= 15 is 0 Å². The summed E-state index contributed by atoms with van der Waals surface area (Å²) in [6.45, 7) is -0.185. The molecule has 0 bridgehead atoms. The average Bonchev–Trinajstić information content (AvgIpc) is 3.23. The SMILES string of the molecule is COc1cccc(-c2cc(C(=O)NCC(=O)Nc3ccc(N(C)C)cc3)no2)c1. The van der Waals surface area contributed by atoms with Crippen molar-refractivity contribution in [1.82, 2.24) is 10.5 Å². The summed E-state index contributed by atoms with van der Waals surface area (Å²) >= 11 is 0. The van der Waals surface area contributed by atoms with Gasteiger partial charge in [-0.1, -0.05) is 17.3 Å². The molecule has 0 saturated heterocycles. The molecule has 0 atom stereocenters. The first-order chi connectivity index (χ1) is 14.0. The highest BCUT2D eigenvalue weighted by Crippen LogP contribution is 2.24. The summed E-state index contributed by atoms with van der Waals surface area (Å²) in [7, 11) is 5.44. The topological polar surface area (TPSA) is 96.7 Å². The van der Waals surface area contributed by atoms with Gasteiger partial charge in [0.05, 0.1) is 13.7 Å². The first-order valence-electron chi connectivity index (χ1n) is 8.93. The van der Waals surface area contributed by atoms with Crippen LogP contribution in [0.1, 0.15) is 10.5 Å². The number of hydrogen-bond donors (Lipinski definition) is 2. The van der Waals surface area contributed by atoms with Gasteiger partial charge in [-0.2, -0.15) is 0 Å². The van der Waals surface area contributed by atoms with Gasteiger partial charge < -0.3 is 24.8 Å². The van der Waals surface area contributed by atoms with Crippen molar-refractivity contribution in [1.29, 1.82) is 0 Å². The minimum absolute atomic E-state index is 0.0888. The van der Waals surface area contributed by atoms with Crippen molar-refractivity contribution in [3.63, 3.8) is 0 Å². The van der Waals surface area contributed by atoms with E-state index in [9.17, 15) is 9.59 Å². The Hall–Kier alpha value is -3.81. The summed E-state index contributed by atoms with van der Waals surface area (Å²) in [4.78, 5) is 26.3. The van der Waals surface area contributed by atoms with Gasteiger partial charge in [0.2, 0.25) is 5.91 Å². The van der Waals surface area contributed by atoms with Crippen molar-refractivity contribution in [3.05, 3.63) is 60.3 Å². The normalized spacial score (nSPS) is 10.3. The molecule has 0 aliphatic carbocycles. The molecule has 3 aromatic rings. The second-order valence-corrected chi connectivity index (χ2v) is 6.48. The molecular formula is C21H22N4O4. The predicted molar refractivity (Wildman–Crippen MR) is 110 cm³/mol. The van der Waals surface area contributed by atoms with Crippen molar-refractivity contribution in [2.45, 2.75) is 0 Å². The largest absolute Gasteiger partial charge is 0.497 e. The maximum atomic E-state index is 12.2. The van der Waals surface area contributed by atoms with Gasteiger partial charge in [-0.25, -0.2) is 0 Å². The van der Waals surface area contributed by atoms with Crippen molar-refractivity contribution in [2.24, 2.45) is 0 Å². The monoisotopic (exact) mass is 394 g/mol. The molecule has 0 radical (unpaired) electrons. The van der Waals surface area contributed by atoms with Gasteiger partial charge >= 0.3 is 0 Å². The van der Waals surface area contributed by atoms with Crippen LogP contribution in [0.15, 0.2) is 59.1 Å². The number of carbonyl (C=O) groups is 2. The highest BCUT2D eigenvalue weighted by molar-refractivity contribution is 5.98. The number of ether oxygens (including phenoxy) is 1. The van der Waals surface area contributed by atoms with Crippen LogP contribution in [0.5, 0.6) is 5.75 Å². The molecule has 29 heavy (non-hydrogen) atoms. The van der Waals surface area contributed by atoms with Gasteiger partial charge in [-0.15, -0.1) is 0 Å². The Morgan fingerprint density at radius 1 is 1.10 bits per heavy atom. The number of rotatable bonds is 7. The van der Waals surface area contributed by atoms with E-state index in [0.29, 0.717) is 17.2 Å². The van der Waals surface area contributed by atoms with Crippen LogP contribution < -0.4 is 20.3 Å². The van der Waals surface area contributed by atoms with Crippen molar-refractivity contribution < 1.29 is 18.8 Å². The van der Waals surface area contributed by atoms with Crippen molar-refractivity contribution >= 4 is 23.2 Å². The number of aromatic nitrogens is 1. The Morgan fingerprint density at radius 3 is 2.55 bits per heavy atom. The molecule has 8 nitrogen and oxygen atoms in total. The molecule has 1 heterocycles. The van der Waals surface area contributed by atoms with Gasteiger partial charge in [0, 0.05) is 37.1 Å². The second-order valence-electron chi connectivity index (χ2n) is 6.48. The lowest BCUT2D eigenvalue weighted by atomic mass is 10.1. The number of amides is 2. The highest BCUT2D eigenvalue weighted by atomic mass is 16.5. The van der Waals surface area contributed by atoms with Crippen LogP contribution in [-0.2, 0) is 4.79 Å². The van der Waals surface area contributed by atoms with E-state index in [1.807, 2.05) is 43.3 Å². The van der Waals surface area contributed by atoms with Crippen LogP contribution >= 0.6 is 0 Å². The number of nitrogens with one attached hydrogen (secondary N) is 2. The maximum absolute atomic E-state index is 12.2.